The smallest absolute Gasteiger partial charge is 0.270 e. The van der Waals surface area contributed by atoms with Gasteiger partial charge in [0.15, 0.2) is 0 Å². The molecule has 5 rings (SSSR count). The van der Waals surface area contributed by atoms with Crippen LogP contribution in [0.5, 0.6) is 0 Å². The second kappa shape index (κ2) is 5.94. The van der Waals surface area contributed by atoms with Crippen LogP contribution in [0.25, 0.3) is 10.9 Å². The Hall–Kier alpha value is -2.69. The monoisotopic (exact) mass is 346 g/mol. The van der Waals surface area contributed by atoms with Crippen molar-refractivity contribution in [1.82, 2.24) is 19.4 Å². The Morgan fingerprint density at radius 3 is 2.73 bits per heavy atom. The lowest BCUT2D eigenvalue weighted by molar-refractivity contribution is 0.0754. The Balaban J connectivity index is 1.43. The first-order chi connectivity index (χ1) is 12.7. The minimum absolute atomic E-state index is 0.109. The molecule has 1 fully saturated rings. The number of hydrogen-bond acceptors (Lipinski definition) is 3. The Bertz CT molecular complexity index is 1000. The molecule has 0 bridgehead atoms. The van der Waals surface area contributed by atoms with E-state index in [2.05, 4.69) is 22.1 Å². The zero-order chi connectivity index (χ0) is 17.7. The number of nitrogens with zero attached hydrogens (tertiary/aromatic N) is 4. The highest BCUT2D eigenvalue weighted by Gasteiger charge is 2.31. The fraction of sp³-hybridized carbons (Fsp3) is 0.381. The second-order valence-electron chi connectivity index (χ2n) is 7.40. The third-order valence-corrected chi connectivity index (χ3v) is 5.74. The fourth-order valence-electron chi connectivity index (χ4n) is 4.12. The molecule has 1 amide bonds. The summed E-state index contributed by atoms with van der Waals surface area (Å²) in [5.41, 5.74) is 5.51. The van der Waals surface area contributed by atoms with E-state index in [4.69, 9.17) is 0 Å². The molecule has 1 aliphatic heterocycles. The van der Waals surface area contributed by atoms with Crippen LogP contribution in [0.3, 0.4) is 0 Å². The fourth-order valence-corrected chi connectivity index (χ4v) is 4.12. The summed E-state index contributed by atoms with van der Waals surface area (Å²) < 4.78 is 2.01. The average Bonchev–Trinajstić information content (AvgIpc) is 3.48. The summed E-state index contributed by atoms with van der Waals surface area (Å²) in [5.74, 6) is 0.726. The van der Waals surface area contributed by atoms with E-state index >= 15 is 0 Å². The third kappa shape index (κ3) is 2.50. The summed E-state index contributed by atoms with van der Waals surface area (Å²) in [7, 11) is 1.97. The maximum Gasteiger partial charge on any atom is 0.270 e. The van der Waals surface area contributed by atoms with Crippen LogP contribution >= 0.6 is 0 Å². The number of rotatable bonds is 2. The molecule has 2 aromatic heterocycles. The predicted molar refractivity (Wildman–Crippen MR) is 100 cm³/mol. The van der Waals surface area contributed by atoms with E-state index in [-0.39, 0.29) is 5.91 Å². The molecule has 3 heterocycles. The van der Waals surface area contributed by atoms with Gasteiger partial charge in [-0.15, -0.1) is 0 Å². The molecule has 1 aromatic carbocycles. The first kappa shape index (κ1) is 15.6. The van der Waals surface area contributed by atoms with Crippen LogP contribution < -0.4 is 0 Å². The van der Waals surface area contributed by atoms with Crippen LogP contribution in [-0.4, -0.2) is 38.4 Å². The zero-order valence-corrected chi connectivity index (χ0v) is 15.0. The van der Waals surface area contributed by atoms with Gasteiger partial charge < -0.3 is 9.47 Å². The van der Waals surface area contributed by atoms with Crippen LogP contribution in [0.4, 0.5) is 0 Å². The van der Waals surface area contributed by atoms with Crippen LogP contribution in [0.15, 0.2) is 36.7 Å². The normalized spacial score (nSPS) is 17.2. The molecule has 3 aromatic rings. The number of carbonyl (C=O) groups is 1. The highest BCUT2D eigenvalue weighted by Crippen LogP contribution is 2.41. The molecule has 132 valence electrons. The Morgan fingerprint density at radius 2 is 1.92 bits per heavy atom. The molecule has 2 aliphatic rings. The maximum atomic E-state index is 13.2. The second-order valence-corrected chi connectivity index (χ2v) is 7.40. The quantitative estimate of drug-likeness (QED) is 0.716. The minimum Gasteiger partial charge on any atom is -0.340 e. The van der Waals surface area contributed by atoms with Gasteiger partial charge in [-0.25, -0.2) is 9.97 Å². The Kier molecular flexibility index (Phi) is 3.55. The van der Waals surface area contributed by atoms with E-state index in [1.807, 2.05) is 34.7 Å². The molecule has 0 unspecified atom stereocenters. The van der Waals surface area contributed by atoms with Gasteiger partial charge in [-0.2, -0.15) is 0 Å². The molecule has 5 heteroatoms. The summed E-state index contributed by atoms with van der Waals surface area (Å²) in [6.07, 6.45) is 5.85. The van der Waals surface area contributed by atoms with Gasteiger partial charge in [-0.3, -0.25) is 4.79 Å². The molecule has 26 heavy (non-hydrogen) atoms. The molecular formula is C21H22N4O. The van der Waals surface area contributed by atoms with Crippen LogP contribution in [0, 0.1) is 0 Å². The van der Waals surface area contributed by atoms with Crippen molar-refractivity contribution in [2.45, 2.75) is 31.6 Å². The predicted octanol–water partition coefficient (Wildman–Crippen LogP) is 3.09. The molecule has 0 saturated heterocycles. The first-order valence-electron chi connectivity index (χ1n) is 9.39. The van der Waals surface area contributed by atoms with Crippen molar-refractivity contribution in [3.8, 4) is 0 Å². The van der Waals surface area contributed by atoms with Gasteiger partial charge in [0, 0.05) is 49.1 Å². The van der Waals surface area contributed by atoms with Gasteiger partial charge in [-0.05, 0) is 37.0 Å². The van der Waals surface area contributed by atoms with Gasteiger partial charge in [0.2, 0.25) is 0 Å². The number of amides is 1. The van der Waals surface area contributed by atoms with Crippen molar-refractivity contribution < 1.29 is 4.79 Å². The lowest BCUT2D eigenvalue weighted by Gasteiger charge is -2.20. The van der Waals surface area contributed by atoms with Crippen molar-refractivity contribution in [3.63, 3.8) is 0 Å². The molecule has 0 radical (unpaired) electrons. The molecule has 1 saturated carbocycles. The molecule has 0 N–H and O–H groups in total. The summed E-state index contributed by atoms with van der Waals surface area (Å²) in [4.78, 5) is 24.2. The van der Waals surface area contributed by atoms with Crippen molar-refractivity contribution in [1.29, 1.82) is 0 Å². The van der Waals surface area contributed by atoms with Gasteiger partial charge in [0.05, 0.1) is 5.69 Å². The highest BCUT2D eigenvalue weighted by atomic mass is 16.2. The summed E-state index contributed by atoms with van der Waals surface area (Å²) in [6, 6.07) is 10.1. The highest BCUT2D eigenvalue weighted by molar-refractivity contribution is 5.98. The van der Waals surface area contributed by atoms with Crippen molar-refractivity contribution in [2.24, 2.45) is 7.05 Å². The van der Waals surface area contributed by atoms with Crippen molar-refractivity contribution >= 4 is 16.8 Å². The molecular weight excluding hydrogens is 324 g/mol. The van der Waals surface area contributed by atoms with E-state index < -0.39 is 0 Å². The van der Waals surface area contributed by atoms with E-state index in [0.717, 1.165) is 41.7 Å². The first-order valence-corrected chi connectivity index (χ1v) is 9.39. The molecule has 1 aliphatic carbocycles. The topological polar surface area (TPSA) is 51.0 Å². The Labute approximate surface area is 152 Å². The molecule has 0 atom stereocenters. The van der Waals surface area contributed by atoms with Gasteiger partial charge in [-0.1, -0.05) is 18.2 Å². The number of hydrogen-bond donors (Lipinski definition) is 0. The van der Waals surface area contributed by atoms with E-state index in [1.165, 1.54) is 24.1 Å². The summed E-state index contributed by atoms with van der Waals surface area (Å²) >= 11 is 0. The van der Waals surface area contributed by atoms with Crippen LogP contribution in [0.1, 0.15) is 46.2 Å². The number of aryl methyl sites for hydroxylation is 1. The number of para-hydroxylation sites is 1. The van der Waals surface area contributed by atoms with E-state index in [1.54, 1.807) is 6.33 Å². The van der Waals surface area contributed by atoms with Crippen LogP contribution in [0.2, 0.25) is 0 Å². The third-order valence-electron chi connectivity index (χ3n) is 5.74. The number of carbonyl (C=O) groups excluding carboxylic acids is 1. The zero-order valence-electron chi connectivity index (χ0n) is 15.0. The molecule has 0 spiro atoms. The number of aromatic nitrogens is 3. The number of fused-ring (bicyclic) bond motifs is 2. The lowest BCUT2D eigenvalue weighted by Crippen LogP contribution is -2.34. The standard InChI is InChI=1S/C21H22N4O/c1-24-18-5-3-2-4-15(18)12-19(24)21(26)25-10-8-16-17(9-11-25)22-13-23-20(16)14-6-7-14/h2-5,12-14H,6-11H2,1H3. The minimum atomic E-state index is 0.109. The van der Waals surface area contributed by atoms with E-state index in [0.29, 0.717) is 12.5 Å². The number of benzene rings is 1. The van der Waals surface area contributed by atoms with Crippen molar-refractivity contribution in [2.75, 3.05) is 13.1 Å². The van der Waals surface area contributed by atoms with E-state index in [9.17, 15) is 4.79 Å². The summed E-state index contributed by atoms with van der Waals surface area (Å²) in [5, 5.41) is 1.11. The average molecular weight is 346 g/mol. The molecule has 5 nitrogen and oxygen atoms in total. The largest absolute Gasteiger partial charge is 0.340 e. The van der Waals surface area contributed by atoms with Crippen molar-refractivity contribution in [3.05, 3.63) is 59.3 Å². The van der Waals surface area contributed by atoms with Gasteiger partial charge in [0.1, 0.15) is 12.0 Å². The SMILES string of the molecule is Cn1c(C(=O)N2CCc3ncnc(C4CC4)c3CC2)cc2ccccc21. The maximum absolute atomic E-state index is 13.2. The van der Waals surface area contributed by atoms with Crippen LogP contribution in [-0.2, 0) is 19.9 Å². The van der Waals surface area contributed by atoms with Gasteiger partial charge >= 0.3 is 0 Å². The Morgan fingerprint density at radius 1 is 1.12 bits per heavy atom. The lowest BCUT2D eigenvalue weighted by atomic mass is 10.0. The van der Waals surface area contributed by atoms with Gasteiger partial charge in [0.25, 0.3) is 5.91 Å². The summed E-state index contributed by atoms with van der Waals surface area (Å²) in [6.45, 7) is 1.45.